The second-order valence-corrected chi connectivity index (χ2v) is 7.75. The van der Waals surface area contributed by atoms with Gasteiger partial charge in [0.1, 0.15) is 0 Å². The normalized spacial score (nSPS) is 11.2. The summed E-state index contributed by atoms with van der Waals surface area (Å²) in [5.74, 6) is -1.34. The van der Waals surface area contributed by atoms with Crippen LogP contribution in [0.5, 0.6) is 0 Å². The van der Waals surface area contributed by atoms with Gasteiger partial charge in [-0.25, -0.2) is 0 Å². The summed E-state index contributed by atoms with van der Waals surface area (Å²) >= 11 is 1.55. The van der Waals surface area contributed by atoms with Crippen LogP contribution in [0.15, 0.2) is 60.0 Å². The smallest absolute Gasteiger partial charge is 0.300 e. The summed E-state index contributed by atoms with van der Waals surface area (Å²) in [6.45, 7) is 4.05. The molecule has 4 aromatic rings. The van der Waals surface area contributed by atoms with Gasteiger partial charge in [-0.1, -0.05) is 23.8 Å². The van der Waals surface area contributed by atoms with Gasteiger partial charge < -0.3 is 4.98 Å². The molecule has 0 unspecified atom stereocenters. The summed E-state index contributed by atoms with van der Waals surface area (Å²) in [4.78, 5) is 9.40. The van der Waals surface area contributed by atoms with Crippen molar-refractivity contribution in [1.29, 1.82) is 0 Å². The summed E-state index contributed by atoms with van der Waals surface area (Å²) in [5, 5.41) is 2.90. The maximum Gasteiger partial charge on any atom is 2.00 e. The van der Waals surface area contributed by atoms with Crippen LogP contribution in [0.1, 0.15) is 25.2 Å². The molecule has 0 aliphatic carbocycles. The van der Waals surface area contributed by atoms with E-state index in [-0.39, 0.29) is 26.6 Å². The molecule has 0 spiro atoms. The summed E-state index contributed by atoms with van der Waals surface area (Å²) in [7, 11) is 0. The minimum Gasteiger partial charge on any atom is -0.300 e. The first-order valence-electron chi connectivity index (χ1n) is 8.73. The summed E-state index contributed by atoms with van der Waals surface area (Å²) < 4.78 is 27.3. The Hall–Kier alpha value is -2.23. The third kappa shape index (κ3) is 4.36. The SMILES string of the molecule is CC(C)(c1cccc(-c2[c-]cc(F)cc2F)n1)c1csc(-c2[c-]cccc2)n1.[Pt+2]. The first-order chi connectivity index (χ1) is 13.4. The fourth-order valence-electron chi connectivity index (χ4n) is 2.91. The number of thiazole rings is 1. The Bertz CT molecular complexity index is 1130. The molecule has 0 N–H and O–H groups in total. The average Bonchev–Trinajstić information content (AvgIpc) is 3.20. The molecule has 6 heteroatoms. The van der Waals surface area contributed by atoms with Gasteiger partial charge in [-0.15, -0.1) is 48.0 Å². The van der Waals surface area contributed by atoms with E-state index in [1.807, 2.05) is 55.6 Å². The zero-order chi connectivity index (χ0) is 19.7. The van der Waals surface area contributed by atoms with E-state index in [0.29, 0.717) is 5.69 Å². The van der Waals surface area contributed by atoms with Gasteiger partial charge in [0, 0.05) is 33.1 Å². The molecule has 2 heterocycles. The molecule has 2 aromatic heterocycles. The van der Waals surface area contributed by atoms with E-state index in [9.17, 15) is 8.78 Å². The molecule has 0 aliphatic rings. The summed E-state index contributed by atoms with van der Waals surface area (Å²) in [6, 6.07) is 20.9. The maximum absolute atomic E-state index is 14.2. The van der Waals surface area contributed by atoms with Crippen LogP contribution in [0.3, 0.4) is 0 Å². The predicted molar refractivity (Wildman–Crippen MR) is 107 cm³/mol. The Kier molecular flexibility index (Phi) is 6.40. The van der Waals surface area contributed by atoms with Crippen molar-refractivity contribution in [1.82, 2.24) is 9.97 Å². The molecular formula is C23H16F2N2PtS. The van der Waals surface area contributed by atoms with Crippen LogP contribution in [0, 0.1) is 23.8 Å². The topological polar surface area (TPSA) is 25.8 Å². The van der Waals surface area contributed by atoms with Crippen molar-refractivity contribution in [3.05, 3.63) is 95.1 Å². The number of hydrogen-bond donors (Lipinski definition) is 0. The van der Waals surface area contributed by atoms with E-state index in [0.717, 1.165) is 34.1 Å². The van der Waals surface area contributed by atoms with Crippen LogP contribution in [0.4, 0.5) is 8.78 Å². The second kappa shape index (κ2) is 8.64. The Morgan fingerprint density at radius 3 is 2.52 bits per heavy atom. The molecule has 2 nitrogen and oxygen atoms in total. The number of halogens is 2. The minimum absolute atomic E-state index is 0. The molecule has 0 aliphatic heterocycles. The molecule has 4 rings (SSSR count). The Morgan fingerprint density at radius 1 is 0.966 bits per heavy atom. The van der Waals surface area contributed by atoms with E-state index >= 15 is 0 Å². The van der Waals surface area contributed by atoms with Gasteiger partial charge in [0.05, 0.1) is 5.69 Å². The third-order valence-corrected chi connectivity index (χ3v) is 5.46. The molecule has 0 radical (unpaired) electrons. The van der Waals surface area contributed by atoms with E-state index in [1.54, 1.807) is 17.4 Å². The van der Waals surface area contributed by atoms with Gasteiger partial charge in [-0.2, -0.15) is 11.3 Å². The van der Waals surface area contributed by atoms with Gasteiger partial charge in [0.2, 0.25) is 0 Å². The molecule has 0 fully saturated rings. The number of benzene rings is 2. The first kappa shape index (κ1) is 21.5. The largest absolute Gasteiger partial charge is 2.00 e. The van der Waals surface area contributed by atoms with Gasteiger partial charge >= 0.3 is 21.1 Å². The van der Waals surface area contributed by atoms with Crippen LogP contribution in [-0.2, 0) is 26.5 Å². The van der Waals surface area contributed by atoms with Gasteiger partial charge in [-0.3, -0.25) is 13.8 Å². The average molecular weight is 586 g/mol. The van der Waals surface area contributed by atoms with Crippen molar-refractivity contribution in [2.24, 2.45) is 0 Å². The molecule has 0 amide bonds. The number of nitrogens with zero attached hydrogens (tertiary/aromatic N) is 2. The maximum atomic E-state index is 14.2. The van der Waals surface area contributed by atoms with Gasteiger partial charge in [0.25, 0.3) is 0 Å². The Balaban J connectivity index is 0.00000240. The number of hydrogen-bond acceptors (Lipinski definition) is 3. The summed E-state index contributed by atoms with van der Waals surface area (Å²) in [6.07, 6.45) is 0. The van der Waals surface area contributed by atoms with Crippen LogP contribution >= 0.6 is 11.3 Å². The van der Waals surface area contributed by atoms with Crippen LogP contribution in [0.25, 0.3) is 21.8 Å². The van der Waals surface area contributed by atoms with Crippen LogP contribution in [0.2, 0.25) is 0 Å². The standard InChI is InChI=1S/C23H16F2N2S.Pt/c1-23(2,21-14-28-22(27-21)15-7-4-3-5-8-15)20-10-6-9-19(26-20)17-12-11-16(24)13-18(17)25;/h3-7,9-11,13-14H,1-2H3;/q-2;+2. The molecule has 148 valence electrons. The van der Waals surface area contributed by atoms with Crippen molar-refractivity contribution in [3.8, 4) is 21.8 Å². The fraction of sp³-hybridized carbons (Fsp3) is 0.130. The van der Waals surface area contributed by atoms with Gasteiger partial charge in [-0.05, 0) is 25.6 Å². The monoisotopic (exact) mass is 585 g/mol. The van der Waals surface area contributed by atoms with Crippen molar-refractivity contribution in [2.45, 2.75) is 19.3 Å². The predicted octanol–water partition coefficient (Wildman–Crippen LogP) is 6.07. The van der Waals surface area contributed by atoms with Crippen LogP contribution < -0.4 is 0 Å². The summed E-state index contributed by atoms with van der Waals surface area (Å²) in [5.41, 5.74) is 2.64. The van der Waals surface area contributed by atoms with Crippen molar-refractivity contribution in [2.75, 3.05) is 0 Å². The minimum atomic E-state index is -0.682. The first-order valence-corrected chi connectivity index (χ1v) is 9.61. The third-order valence-electron chi connectivity index (χ3n) is 4.59. The van der Waals surface area contributed by atoms with Crippen LogP contribution in [-0.4, -0.2) is 9.97 Å². The Morgan fingerprint density at radius 2 is 1.79 bits per heavy atom. The molecule has 0 bridgehead atoms. The number of pyridine rings is 1. The van der Waals surface area contributed by atoms with E-state index in [1.165, 1.54) is 0 Å². The molecule has 0 saturated carbocycles. The van der Waals surface area contributed by atoms with E-state index in [4.69, 9.17) is 4.98 Å². The fourth-order valence-corrected chi connectivity index (χ4v) is 3.88. The number of aromatic nitrogens is 2. The molecular weight excluding hydrogens is 569 g/mol. The Labute approximate surface area is 186 Å². The zero-order valence-electron chi connectivity index (χ0n) is 15.6. The number of rotatable bonds is 4. The quantitative estimate of drug-likeness (QED) is 0.272. The van der Waals surface area contributed by atoms with Gasteiger partial charge in [0.15, 0.2) is 0 Å². The van der Waals surface area contributed by atoms with E-state index < -0.39 is 17.0 Å². The molecule has 0 saturated heterocycles. The zero-order valence-corrected chi connectivity index (χ0v) is 18.7. The van der Waals surface area contributed by atoms with Crippen molar-refractivity contribution in [3.63, 3.8) is 0 Å². The van der Waals surface area contributed by atoms with Crippen molar-refractivity contribution >= 4 is 11.3 Å². The second-order valence-electron chi connectivity index (χ2n) is 6.89. The molecule has 29 heavy (non-hydrogen) atoms. The van der Waals surface area contributed by atoms with E-state index in [2.05, 4.69) is 17.1 Å². The molecule has 2 aromatic carbocycles. The van der Waals surface area contributed by atoms with Crippen molar-refractivity contribution < 1.29 is 29.8 Å². The molecule has 0 atom stereocenters.